The second-order valence-electron chi connectivity index (χ2n) is 6.90. The molecule has 0 unspecified atom stereocenters. The van der Waals surface area contributed by atoms with Crippen LogP contribution in [0.15, 0.2) is 24.7 Å². The van der Waals surface area contributed by atoms with E-state index in [0.29, 0.717) is 13.1 Å². The fourth-order valence-electron chi connectivity index (χ4n) is 3.31. The molecule has 2 fully saturated rings. The van der Waals surface area contributed by atoms with Gasteiger partial charge in [0.05, 0.1) is 23.8 Å². The first-order chi connectivity index (χ1) is 11.6. The van der Waals surface area contributed by atoms with E-state index in [1.807, 2.05) is 48.1 Å². The molecule has 0 radical (unpaired) electrons. The number of aromatic nitrogens is 4. The molecular formula is C17H22N6O. The lowest BCUT2D eigenvalue weighted by atomic mass is 10.0. The Hall–Kier alpha value is -2.44. The van der Waals surface area contributed by atoms with Crippen LogP contribution in [0, 0.1) is 12.8 Å². The largest absolute Gasteiger partial charge is 0.363 e. The van der Waals surface area contributed by atoms with E-state index >= 15 is 0 Å². The Kier molecular flexibility index (Phi) is 3.70. The Balaban J connectivity index is 1.55. The summed E-state index contributed by atoms with van der Waals surface area (Å²) in [6, 6.07) is 3.97. The van der Waals surface area contributed by atoms with E-state index < -0.39 is 0 Å². The Morgan fingerprint density at radius 1 is 1.25 bits per heavy atom. The number of hydrogen-bond acceptors (Lipinski definition) is 5. The predicted octanol–water partition coefficient (Wildman–Crippen LogP) is 1.34. The summed E-state index contributed by atoms with van der Waals surface area (Å²) in [5.74, 6) is 1.44. The Morgan fingerprint density at radius 3 is 2.71 bits per heavy atom. The molecule has 3 heterocycles. The van der Waals surface area contributed by atoms with Gasteiger partial charge in [-0.25, -0.2) is 4.98 Å². The minimum Gasteiger partial charge on any atom is -0.363 e. The molecule has 0 spiro atoms. The first-order valence-corrected chi connectivity index (χ1v) is 8.43. The van der Waals surface area contributed by atoms with Gasteiger partial charge in [0.2, 0.25) is 5.91 Å². The van der Waals surface area contributed by atoms with Crippen LogP contribution in [0.5, 0.6) is 0 Å². The Morgan fingerprint density at radius 2 is 2.08 bits per heavy atom. The summed E-state index contributed by atoms with van der Waals surface area (Å²) in [6.07, 6.45) is 5.91. The van der Waals surface area contributed by atoms with Crippen LogP contribution >= 0.6 is 0 Å². The van der Waals surface area contributed by atoms with Crippen molar-refractivity contribution in [3.05, 3.63) is 36.0 Å². The number of amides is 1. The molecule has 2 aromatic heterocycles. The van der Waals surface area contributed by atoms with Crippen LogP contribution in [0.3, 0.4) is 0 Å². The number of carbonyl (C=O) groups excluding carboxylic acids is 1. The number of nitrogens with one attached hydrogen (secondary N) is 1. The van der Waals surface area contributed by atoms with E-state index in [2.05, 4.69) is 20.5 Å². The fourth-order valence-corrected chi connectivity index (χ4v) is 3.31. The minimum atomic E-state index is 0.0969. The summed E-state index contributed by atoms with van der Waals surface area (Å²) in [6.45, 7) is 3.31. The Labute approximate surface area is 141 Å². The molecule has 7 nitrogen and oxygen atoms in total. The second-order valence-corrected chi connectivity index (χ2v) is 6.90. The number of hydrogen-bond donors (Lipinski definition) is 1. The third-order valence-corrected chi connectivity index (χ3v) is 4.79. The lowest BCUT2D eigenvalue weighted by molar-refractivity contribution is -0.131. The highest BCUT2D eigenvalue weighted by atomic mass is 16.2. The number of nitrogens with zero attached hydrogens (tertiary/aromatic N) is 5. The van der Waals surface area contributed by atoms with Gasteiger partial charge in [-0.15, -0.1) is 5.10 Å². The van der Waals surface area contributed by atoms with Crippen LogP contribution in [-0.2, 0) is 11.8 Å². The maximum Gasteiger partial charge on any atom is 0.225 e. The zero-order chi connectivity index (χ0) is 16.7. The summed E-state index contributed by atoms with van der Waals surface area (Å²) in [7, 11) is 1.96. The number of aryl methyl sites for hydroxylation is 2. The highest BCUT2D eigenvalue weighted by Gasteiger charge is 2.42. The van der Waals surface area contributed by atoms with Crippen molar-refractivity contribution in [1.29, 1.82) is 0 Å². The van der Waals surface area contributed by atoms with Crippen LogP contribution in [0.2, 0.25) is 0 Å². The van der Waals surface area contributed by atoms with Crippen LogP contribution in [0.4, 0.5) is 5.82 Å². The summed E-state index contributed by atoms with van der Waals surface area (Å²) < 4.78 is 1.95. The van der Waals surface area contributed by atoms with Crippen molar-refractivity contribution in [1.82, 2.24) is 24.6 Å². The maximum absolute atomic E-state index is 12.5. The monoisotopic (exact) mass is 326 g/mol. The van der Waals surface area contributed by atoms with Crippen LogP contribution < -0.4 is 5.32 Å². The van der Waals surface area contributed by atoms with Gasteiger partial charge in [-0.2, -0.15) is 5.10 Å². The van der Waals surface area contributed by atoms with E-state index in [1.165, 1.54) is 0 Å². The van der Waals surface area contributed by atoms with Gasteiger partial charge in [-0.3, -0.25) is 4.79 Å². The zero-order valence-corrected chi connectivity index (χ0v) is 14.0. The number of likely N-dealkylation sites (tertiary alicyclic amines) is 1. The lowest BCUT2D eigenvalue weighted by Gasteiger charge is -2.18. The molecule has 126 valence electrons. The molecule has 1 aliphatic carbocycles. The third-order valence-electron chi connectivity index (χ3n) is 4.79. The molecule has 0 bridgehead atoms. The smallest absolute Gasteiger partial charge is 0.225 e. The van der Waals surface area contributed by atoms with E-state index in [0.717, 1.165) is 30.0 Å². The van der Waals surface area contributed by atoms with Crippen molar-refractivity contribution in [3.8, 4) is 0 Å². The first-order valence-electron chi connectivity index (χ1n) is 8.43. The molecule has 1 saturated heterocycles. The van der Waals surface area contributed by atoms with Crippen molar-refractivity contribution in [2.45, 2.75) is 31.7 Å². The van der Waals surface area contributed by atoms with Crippen LogP contribution in [0.25, 0.3) is 0 Å². The highest BCUT2D eigenvalue weighted by Crippen LogP contribution is 2.35. The van der Waals surface area contributed by atoms with Gasteiger partial charge in [0.25, 0.3) is 0 Å². The van der Waals surface area contributed by atoms with Gasteiger partial charge in [0.15, 0.2) is 0 Å². The number of imidazole rings is 1. The van der Waals surface area contributed by atoms with Crippen molar-refractivity contribution >= 4 is 11.7 Å². The summed E-state index contributed by atoms with van der Waals surface area (Å²) in [4.78, 5) is 19.0. The molecule has 0 aromatic carbocycles. The van der Waals surface area contributed by atoms with E-state index in [-0.39, 0.29) is 23.8 Å². The quantitative estimate of drug-likeness (QED) is 0.917. The normalized spacial score (nSPS) is 23.5. The van der Waals surface area contributed by atoms with E-state index in [9.17, 15) is 4.79 Å². The van der Waals surface area contributed by atoms with Gasteiger partial charge in [-0.05, 0) is 31.9 Å². The summed E-state index contributed by atoms with van der Waals surface area (Å²) >= 11 is 0. The van der Waals surface area contributed by atoms with Crippen molar-refractivity contribution in [2.75, 3.05) is 18.4 Å². The summed E-state index contributed by atoms with van der Waals surface area (Å²) in [5, 5.41) is 11.8. The molecule has 2 atom stereocenters. The highest BCUT2D eigenvalue weighted by molar-refractivity contribution is 5.81. The lowest BCUT2D eigenvalue weighted by Crippen LogP contribution is -2.32. The Bertz CT molecular complexity index is 736. The predicted molar refractivity (Wildman–Crippen MR) is 89.4 cm³/mol. The molecule has 1 aliphatic heterocycles. The van der Waals surface area contributed by atoms with Crippen LogP contribution in [-0.4, -0.2) is 49.7 Å². The average Bonchev–Trinajstić information content (AvgIpc) is 3.21. The standard InChI is InChI=1S/C17H22N6O/c1-11-3-6-16(21-20-11)19-15-9-23(17(24)12-4-5-12)7-13(15)14-8-22(2)10-18-14/h3,6,8,10,12-13,15H,4-5,7,9H2,1-2H3,(H,19,21)/t13-,15+/m0/s1. The maximum atomic E-state index is 12.5. The van der Waals surface area contributed by atoms with Gasteiger partial charge in [0.1, 0.15) is 5.82 Å². The number of rotatable bonds is 4. The number of anilines is 1. The van der Waals surface area contributed by atoms with Gasteiger partial charge in [0, 0.05) is 38.2 Å². The van der Waals surface area contributed by atoms with Gasteiger partial charge >= 0.3 is 0 Å². The topological polar surface area (TPSA) is 75.9 Å². The molecular weight excluding hydrogens is 304 g/mol. The molecule has 7 heteroatoms. The molecule has 24 heavy (non-hydrogen) atoms. The molecule has 2 aromatic rings. The summed E-state index contributed by atoms with van der Waals surface area (Å²) in [5.41, 5.74) is 1.90. The van der Waals surface area contributed by atoms with Crippen molar-refractivity contribution < 1.29 is 4.79 Å². The SMILES string of the molecule is Cc1ccc(N[C@@H]2CN(C(=O)C3CC3)C[C@H]2c2cn(C)cn2)nn1. The van der Waals surface area contributed by atoms with Crippen LogP contribution in [0.1, 0.15) is 30.1 Å². The van der Waals surface area contributed by atoms with E-state index in [1.54, 1.807) is 0 Å². The van der Waals surface area contributed by atoms with E-state index in [4.69, 9.17) is 0 Å². The molecule has 1 saturated carbocycles. The molecule has 1 amide bonds. The fraction of sp³-hybridized carbons (Fsp3) is 0.529. The molecule has 2 aliphatic rings. The van der Waals surface area contributed by atoms with Crippen molar-refractivity contribution in [3.63, 3.8) is 0 Å². The molecule has 1 N–H and O–H groups in total. The second kappa shape index (κ2) is 5.89. The van der Waals surface area contributed by atoms with Gasteiger partial charge < -0.3 is 14.8 Å². The zero-order valence-electron chi connectivity index (χ0n) is 14.0. The minimum absolute atomic E-state index is 0.0969. The third kappa shape index (κ3) is 2.98. The van der Waals surface area contributed by atoms with Gasteiger partial charge in [-0.1, -0.05) is 0 Å². The first kappa shape index (κ1) is 15.1. The average molecular weight is 326 g/mol. The number of carbonyl (C=O) groups is 1. The molecule has 4 rings (SSSR count). The van der Waals surface area contributed by atoms with Crippen molar-refractivity contribution in [2.24, 2.45) is 13.0 Å².